The Hall–Kier alpha value is -1.33. The molecule has 4 heterocycles. The fourth-order valence-corrected chi connectivity index (χ4v) is 7.08. The van der Waals surface area contributed by atoms with E-state index in [0.29, 0.717) is 0 Å². The van der Waals surface area contributed by atoms with Gasteiger partial charge in [0, 0.05) is 29.9 Å². The third-order valence-electron chi connectivity index (χ3n) is 5.21. The molecule has 0 spiro atoms. The summed E-state index contributed by atoms with van der Waals surface area (Å²) in [5.41, 5.74) is 1.47. The summed E-state index contributed by atoms with van der Waals surface area (Å²) in [5, 5.41) is 15.0. The number of aryl methyl sites for hydroxylation is 2. The quantitative estimate of drug-likeness (QED) is 0.570. The Balaban J connectivity index is 1.51. The average molecular weight is 449 g/mol. The SMILES string of the molecule is CCNc1nnc(Sc2nc(CN3CCOCC3)nc3sc4c(c23)CCCC4)s1. The third-order valence-corrected chi connectivity index (χ3v) is 8.32. The minimum atomic E-state index is 0.772. The van der Waals surface area contributed by atoms with Crippen LogP contribution < -0.4 is 5.32 Å². The largest absolute Gasteiger partial charge is 0.379 e. The van der Waals surface area contributed by atoms with Gasteiger partial charge >= 0.3 is 0 Å². The van der Waals surface area contributed by atoms with E-state index in [1.54, 1.807) is 23.1 Å². The lowest BCUT2D eigenvalue weighted by atomic mass is 9.97. The minimum absolute atomic E-state index is 0.772. The third kappa shape index (κ3) is 4.27. The van der Waals surface area contributed by atoms with Gasteiger partial charge in [-0.15, -0.1) is 21.5 Å². The lowest BCUT2D eigenvalue weighted by molar-refractivity contribution is 0.0330. The number of anilines is 1. The minimum Gasteiger partial charge on any atom is -0.379 e. The first-order valence-electron chi connectivity index (χ1n) is 10.2. The van der Waals surface area contributed by atoms with Crippen molar-refractivity contribution in [3.8, 4) is 0 Å². The van der Waals surface area contributed by atoms with Crippen molar-refractivity contribution in [2.75, 3.05) is 38.2 Å². The van der Waals surface area contributed by atoms with Crippen LogP contribution in [0.15, 0.2) is 9.37 Å². The summed E-state index contributed by atoms with van der Waals surface area (Å²) in [6, 6.07) is 0. The predicted molar refractivity (Wildman–Crippen MR) is 118 cm³/mol. The van der Waals surface area contributed by atoms with Gasteiger partial charge in [-0.2, -0.15) is 0 Å². The number of fused-ring (bicyclic) bond motifs is 3. The Labute approximate surface area is 182 Å². The van der Waals surface area contributed by atoms with Crippen LogP contribution in [-0.4, -0.2) is 57.9 Å². The van der Waals surface area contributed by atoms with Gasteiger partial charge in [-0.3, -0.25) is 4.90 Å². The molecule has 29 heavy (non-hydrogen) atoms. The van der Waals surface area contributed by atoms with Gasteiger partial charge in [0.1, 0.15) is 15.7 Å². The van der Waals surface area contributed by atoms with E-state index in [1.165, 1.54) is 35.1 Å². The molecule has 1 N–H and O–H groups in total. The Morgan fingerprint density at radius 3 is 2.83 bits per heavy atom. The van der Waals surface area contributed by atoms with Gasteiger partial charge in [0.15, 0.2) is 4.34 Å². The van der Waals surface area contributed by atoms with Crippen LogP contribution in [0.3, 0.4) is 0 Å². The molecule has 0 atom stereocenters. The van der Waals surface area contributed by atoms with Crippen LogP contribution in [0, 0.1) is 0 Å². The van der Waals surface area contributed by atoms with Crippen molar-refractivity contribution in [1.82, 2.24) is 25.1 Å². The Morgan fingerprint density at radius 1 is 1.10 bits per heavy atom. The summed E-state index contributed by atoms with van der Waals surface area (Å²) in [4.78, 5) is 15.0. The molecular weight excluding hydrogens is 424 g/mol. The van der Waals surface area contributed by atoms with E-state index in [2.05, 4.69) is 27.3 Å². The number of nitrogens with one attached hydrogen (secondary N) is 1. The molecule has 0 amide bonds. The van der Waals surface area contributed by atoms with Crippen LogP contribution in [0.4, 0.5) is 5.13 Å². The highest BCUT2D eigenvalue weighted by molar-refractivity contribution is 8.01. The Bertz CT molecular complexity index is 997. The van der Waals surface area contributed by atoms with Gasteiger partial charge in [0.05, 0.1) is 19.8 Å². The van der Waals surface area contributed by atoms with Crippen molar-refractivity contribution in [2.45, 2.75) is 48.5 Å². The molecule has 10 heteroatoms. The highest BCUT2D eigenvalue weighted by Crippen LogP contribution is 2.42. The second-order valence-corrected chi connectivity index (χ2v) is 10.5. The monoisotopic (exact) mass is 448 g/mol. The first kappa shape index (κ1) is 19.6. The predicted octanol–water partition coefficient (Wildman–Crippen LogP) is 3.84. The van der Waals surface area contributed by atoms with E-state index >= 15 is 0 Å². The van der Waals surface area contributed by atoms with Gasteiger partial charge in [0.2, 0.25) is 5.13 Å². The van der Waals surface area contributed by atoms with Crippen LogP contribution in [0.2, 0.25) is 0 Å². The maximum Gasteiger partial charge on any atom is 0.206 e. The molecule has 0 saturated carbocycles. The van der Waals surface area contributed by atoms with E-state index in [1.807, 2.05) is 11.3 Å². The van der Waals surface area contributed by atoms with Crippen LogP contribution in [0.25, 0.3) is 10.2 Å². The summed E-state index contributed by atoms with van der Waals surface area (Å²) in [5.74, 6) is 0.900. The number of thiophene rings is 1. The van der Waals surface area contributed by atoms with E-state index in [9.17, 15) is 0 Å². The van der Waals surface area contributed by atoms with Gasteiger partial charge < -0.3 is 10.1 Å². The maximum absolute atomic E-state index is 5.48. The zero-order valence-corrected chi connectivity index (χ0v) is 18.9. The maximum atomic E-state index is 5.48. The van der Waals surface area contributed by atoms with Crippen molar-refractivity contribution >= 4 is 49.8 Å². The fraction of sp³-hybridized carbons (Fsp3) is 0.579. The second kappa shape index (κ2) is 8.81. The topological polar surface area (TPSA) is 76.1 Å². The summed E-state index contributed by atoms with van der Waals surface area (Å²) >= 11 is 5.08. The second-order valence-electron chi connectivity index (χ2n) is 7.23. The molecule has 3 aromatic rings. The number of nitrogens with zero attached hydrogens (tertiary/aromatic N) is 5. The van der Waals surface area contributed by atoms with Gasteiger partial charge in [0.25, 0.3) is 0 Å². The number of rotatable bonds is 6. The molecule has 1 aliphatic carbocycles. The van der Waals surface area contributed by atoms with E-state index in [-0.39, 0.29) is 0 Å². The molecule has 3 aromatic heterocycles. The molecule has 0 radical (unpaired) electrons. The zero-order chi connectivity index (χ0) is 19.6. The first-order valence-corrected chi connectivity index (χ1v) is 12.6. The summed E-state index contributed by atoms with van der Waals surface area (Å²) in [6.45, 7) is 7.13. The van der Waals surface area contributed by atoms with Gasteiger partial charge in [-0.1, -0.05) is 11.3 Å². The number of hydrogen-bond acceptors (Lipinski definition) is 10. The van der Waals surface area contributed by atoms with Crippen molar-refractivity contribution in [1.29, 1.82) is 0 Å². The molecule has 1 saturated heterocycles. The zero-order valence-electron chi connectivity index (χ0n) is 16.4. The molecule has 5 rings (SSSR count). The molecular formula is C19H24N6OS3. The van der Waals surface area contributed by atoms with Gasteiger partial charge in [-0.05, 0) is 49.9 Å². The number of aromatic nitrogens is 4. The molecule has 1 aliphatic heterocycles. The molecule has 154 valence electrons. The summed E-state index contributed by atoms with van der Waals surface area (Å²) in [7, 11) is 0. The average Bonchev–Trinajstić information content (AvgIpc) is 3.33. The van der Waals surface area contributed by atoms with Crippen LogP contribution >= 0.6 is 34.4 Å². The van der Waals surface area contributed by atoms with E-state index < -0.39 is 0 Å². The fourth-order valence-electron chi connectivity index (χ4n) is 3.83. The summed E-state index contributed by atoms with van der Waals surface area (Å²) < 4.78 is 6.41. The van der Waals surface area contributed by atoms with Crippen molar-refractivity contribution < 1.29 is 4.74 Å². The van der Waals surface area contributed by atoms with Crippen molar-refractivity contribution in [3.05, 3.63) is 16.3 Å². The number of morpholine rings is 1. The lowest BCUT2D eigenvalue weighted by Crippen LogP contribution is -2.36. The van der Waals surface area contributed by atoms with Crippen LogP contribution in [0.5, 0.6) is 0 Å². The molecule has 1 fully saturated rings. The van der Waals surface area contributed by atoms with Crippen molar-refractivity contribution in [2.24, 2.45) is 0 Å². The molecule has 0 bridgehead atoms. The molecule has 0 unspecified atom stereocenters. The molecule has 2 aliphatic rings. The standard InChI is InChI=1S/C19H24N6OS3/c1-2-20-18-23-24-19(29-18)28-17-15-12-5-3-4-6-13(12)27-16(15)21-14(22-17)11-25-7-9-26-10-8-25/h2-11H2,1H3,(H,20,23). The highest BCUT2D eigenvalue weighted by atomic mass is 32.2. The Kier molecular flexibility index (Phi) is 5.96. The smallest absolute Gasteiger partial charge is 0.206 e. The van der Waals surface area contributed by atoms with Crippen LogP contribution in [0.1, 0.15) is 36.0 Å². The first-order chi connectivity index (χ1) is 14.3. The normalized spacial score (nSPS) is 17.6. The number of ether oxygens (including phenoxy) is 1. The van der Waals surface area contributed by atoms with Crippen LogP contribution in [-0.2, 0) is 24.1 Å². The molecule has 7 nitrogen and oxygen atoms in total. The summed E-state index contributed by atoms with van der Waals surface area (Å²) in [6.07, 6.45) is 4.83. The van der Waals surface area contributed by atoms with E-state index in [0.717, 1.165) is 71.0 Å². The Morgan fingerprint density at radius 2 is 1.97 bits per heavy atom. The van der Waals surface area contributed by atoms with E-state index in [4.69, 9.17) is 14.7 Å². The lowest BCUT2D eigenvalue weighted by Gasteiger charge is -2.25. The van der Waals surface area contributed by atoms with Gasteiger partial charge in [-0.25, -0.2) is 9.97 Å². The molecule has 0 aromatic carbocycles. The highest BCUT2D eigenvalue weighted by Gasteiger charge is 2.23. The number of hydrogen-bond donors (Lipinski definition) is 1. The van der Waals surface area contributed by atoms with Crippen molar-refractivity contribution in [3.63, 3.8) is 0 Å².